The summed E-state index contributed by atoms with van der Waals surface area (Å²) in [6.45, 7) is 8.91. The van der Waals surface area contributed by atoms with E-state index in [0.29, 0.717) is 12.2 Å². The van der Waals surface area contributed by atoms with Crippen LogP contribution in [0.15, 0.2) is 29.6 Å². The molecule has 0 bridgehead atoms. The highest BCUT2D eigenvalue weighted by molar-refractivity contribution is 7.09. The molecule has 1 aromatic carbocycles. The average molecular weight is 359 g/mol. The Kier molecular flexibility index (Phi) is 6.04. The molecule has 3 rings (SSSR count). The van der Waals surface area contributed by atoms with Crippen LogP contribution in [0.25, 0.3) is 0 Å². The van der Waals surface area contributed by atoms with Crippen LogP contribution in [0.4, 0.5) is 0 Å². The highest BCUT2D eigenvalue weighted by Gasteiger charge is 2.22. The van der Waals surface area contributed by atoms with Gasteiger partial charge in [0.1, 0.15) is 5.75 Å². The van der Waals surface area contributed by atoms with Gasteiger partial charge in [-0.3, -0.25) is 9.69 Å². The predicted molar refractivity (Wildman–Crippen MR) is 100 cm³/mol. The van der Waals surface area contributed by atoms with E-state index in [1.54, 1.807) is 11.3 Å². The van der Waals surface area contributed by atoms with E-state index in [4.69, 9.17) is 4.74 Å². The first-order valence-corrected chi connectivity index (χ1v) is 9.69. The van der Waals surface area contributed by atoms with Gasteiger partial charge >= 0.3 is 0 Å². The number of carbonyl (C=O) groups excluding carboxylic acids is 1. The van der Waals surface area contributed by atoms with Gasteiger partial charge in [-0.2, -0.15) is 0 Å². The van der Waals surface area contributed by atoms with Crippen LogP contribution in [0, 0.1) is 6.92 Å². The number of thiazole rings is 1. The number of hydrogen-bond acceptors (Lipinski definition) is 5. The minimum atomic E-state index is 0.0890. The first-order valence-electron chi connectivity index (χ1n) is 8.81. The van der Waals surface area contributed by atoms with Crippen molar-refractivity contribution in [3.63, 3.8) is 0 Å². The number of nitrogens with zero attached hydrogens (tertiary/aromatic N) is 3. The smallest absolute Gasteiger partial charge is 0.254 e. The van der Waals surface area contributed by atoms with Crippen LogP contribution in [0.5, 0.6) is 5.75 Å². The third-order valence-electron chi connectivity index (χ3n) is 4.27. The van der Waals surface area contributed by atoms with Gasteiger partial charge in [0.2, 0.25) is 0 Å². The molecule has 0 atom stereocenters. The molecule has 0 saturated carbocycles. The van der Waals surface area contributed by atoms with Crippen LogP contribution in [-0.2, 0) is 6.54 Å². The molecule has 25 heavy (non-hydrogen) atoms. The fraction of sp³-hybridized carbons (Fsp3) is 0.474. The number of benzene rings is 1. The Morgan fingerprint density at radius 1 is 1.28 bits per heavy atom. The lowest BCUT2D eigenvalue weighted by atomic mass is 10.1. The zero-order valence-electron chi connectivity index (χ0n) is 14.9. The molecular weight excluding hydrogens is 334 g/mol. The van der Waals surface area contributed by atoms with Crippen LogP contribution >= 0.6 is 11.3 Å². The zero-order valence-corrected chi connectivity index (χ0v) is 15.7. The molecule has 5 nitrogen and oxygen atoms in total. The first-order chi connectivity index (χ1) is 12.2. The summed E-state index contributed by atoms with van der Waals surface area (Å²) in [5.74, 6) is 0.858. The SMILES string of the molecule is CCCOc1cccc(C(=O)N2CCN(Cc3csc(C)n3)CC2)c1. The molecule has 0 aliphatic carbocycles. The number of hydrogen-bond donors (Lipinski definition) is 0. The van der Waals surface area contributed by atoms with Crippen molar-refractivity contribution in [1.29, 1.82) is 0 Å². The van der Waals surface area contributed by atoms with Gasteiger partial charge in [-0.25, -0.2) is 4.98 Å². The number of aromatic nitrogens is 1. The second-order valence-electron chi connectivity index (χ2n) is 6.30. The molecule has 2 aromatic rings. The number of aryl methyl sites for hydroxylation is 1. The number of ether oxygens (including phenoxy) is 1. The van der Waals surface area contributed by atoms with Crippen LogP contribution in [-0.4, -0.2) is 53.5 Å². The Morgan fingerprint density at radius 2 is 2.08 bits per heavy atom. The third-order valence-corrected chi connectivity index (χ3v) is 5.09. The van der Waals surface area contributed by atoms with Crippen molar-refractivity contribution >= 4 is 17.2 Å². The zero-order chi connectivity index (χ0) is 17.6. The second-order valence-corrected chi connectivity index (χ2v) is 7.36. The Hall–Kier alpha value is -1.92. The van der Waals surface area contributed by atoms with Gasteiger partial charge < -0.3 is 9.64 Å². The molecule has 134 valence electrons. The van der Waals surface area contributed by atoms with Crippen molar-refractivity contribution in [2.24, 2.45) is 0 Å². The van der Waals surface area contributed by atoms with Crippen LogP contribution in [0.2, 0.25) is 0 Å². The minimum absolute atomic E-state index is 0.0890. The van der Waals surface area contributed by atoms with E-state index in [0.717, 1.165) is 55.6 Å². The second kappa shape index (κ2) is 8.45. The number of amides is 1. The Balaban J connectivity index is 1.54. The van der Waals surface area contributed by atoms with Gasteiger partial charge in [-0.1, -0.05) is 13.0 Å². The van der Waals surface area contributed by atoms with E-state index in [1.807, 2.05) is 36.1 Å². The lowest BCUT2D eigenvalue weighted by molar-refractivity contribution is 0.0627. The van der Waals surface area contributed by atoms with E-state index in [9.17, 15) is 4.79 Å². The molecule has 0 N–H and O–H groups in total. The maximum absolute atomic E-state index is 12.7. The van der Waals surface area contributed by atoms with Gasteiger partial charge in [0.25, 0.3) is 5.91 Å². The molecule has 0 unspecified atom stereocenters. The van der Waals surface area contributed by atoms with Crippen LogP contribution in [0.1, 0.15) is 34.4 Å². The number of carbonyl (C=O) groups is 1. The number of piperazine rings is 1. The summed E-state index contributed by atoms with van der Waals surface area (Å²) in [5, 5.41) is 3.23. The standard InChI is InChI=1S/C19H25N3O2S/c1-3-11-24-18-6-4-5-16(12-18)19(23)22-9-7-21(8-10-22)13-17-14-25-15(2)20-17/h4-6,12,14H,3,7-11,13H2,1-2H3. The van der Waals surface area contributed by atoms with Crippen LogP contribution in [0.3, 0.4) is 0 Å². The Labute approximate surface area is 153 Å². The fourth-order valence-electron chi connectivity index (χ4n) is 2.94. The first kappa shape index (κ1) is 17.9. The molecule has 2 heterocycles. The van der Waals surface area contributed by atoms with Crippen LogP contribution < -0.4 is 4.74 Å². The van der Waals surface area contributed by atoms with E-state index < -0.39 is 0 Å². The Morgan fingerprint density at radius 3 is 2.76 bits per heavy atom. The highest BCUT2D eigenvalue weighted by atomic mass is 32.1. The molecule has 0 radical (unpaired) electrons. The van der Waals surface area contributed by atoms with Crippen molar-refractivity contribution in [1.82, 2.24) is 14.8 Å². The van der Waals surface area contributed by atoms with Gasteiger partial charge in [-0.05, 0) is 31.5 Å². The average Bonchev–Trinajstić information content (AvgIpc) is 3.05. The molecule has 1 aromatic heterocycles. The van der Waals surface area contributed by atoms with E-state index in [1.165, 1.54) is 0 Å². The molecule has 0 spiro atoms. The normalized spacial score (nSPS) is 15.4. The summed E-state index contributed by atoms with van der Waals surface area (Å²) >= 11 is 1.69. The Bertz CT molecular complexity index is 708. The molecular formula is C19H25N3O2S. The highest BCUT2D eigenvalue weighted by Crippen LogP contribution is 2.17. The maximum Gasteiger partial charge on any atom is 0.254 e. The lowest BCUT2D eigenvalue weighted by Crippen LogP contribution is -2.48. The lowest BCUT2D eigenvalue weighted by Gasteiger charge is -2.34. The summed E-state index contributed by atoms with van der Waals surface area (Å²) in [6, 6.07) is 7.51. The monoisotopic (exact) mass is 359 g/mol. The van der Waals surface area contributed by atoms with Gasteiger partial charge in [0.15, 0.2) is 0 Å². The molecule has 1 saturated heterocycles. The third kappa shape index (κ3) is 4.80. The maximum atomic E-state index is 12.7. The van der Waals surface area contributed by atoms with Crippen molar-refractivity contribution in [3.8, 4) is 5.75 Å². The molecule has 1 aliphatic heterocycles. The predicted octanol–water partition coefficient (Wildman–Crippen LogP) is 3.20. The molecule has 1 aliphatic rings. The van der Waals surface area contributed by atoms with Crippen molar-refractivity contribution in [2.75, 3.05) is 32.8 Å². The largest absolute Gasteiger partial charge is 0.494 e. The summed E-state index contributed by atoms with van der Waals surface area (Å²) in [7, 11) is 0. The number of rotatable bonds is 6. The van der Waals surface area contributed by atoms with Crippen molar-refractivity contribution < 1.29 is 9.53 Å². The van der Waals surface area contributed by atoms with Crippen molar-refractivity contribution in [2.45, 2.75) is 26.8 Å². The van der Waals surface area contributed by atoms with E-state index in [2.05, 4.69) is 22.2 Å². The van der Waals surface area contributed by atoms with Crippen molar-refractivity contribution in [3.05, 3.63) is 45.9 Å². The van der Waals surface area contributed by atoms with Gasteiger partial charge in [0, 0.05) is 43.7 Å². The topological polar surface area (TPSA) is 45.7 Å². The molecule has 1 amide bonds. The fourth-order valence-corrected chi connectivity index (χ4v) is 3.54. The summed E-state index contributed by atoms with van der Waals surface area (Å²) in [6.07, 6.45) is 0.957. The summed E-state index contributed by atoms with van der Waals surface area (Å²) < 4.78 is 5.63. The molecule has 1 fully saturated rings. The summed E-state index contributed by atoms with van der Waals surface area (Å²) in [5.41, 5.74) is 1.83. The van der Waals surface area contributed by atoms with E-state index in [-0.39, 0.29) is 5.91 Å². The minimum Gasteiger partial charge on any atom is -0.494 e. The van der Waals surface area contributed by atoms with Gasteiger partial charge in [0.05, 0.1) is 17.3 Å². The quantitative estimate of drug-likeness (QED) is 0.795. The summed E-state index contributed by atoms with van der Waals surface area (Å²) in [4.78, 5) is 21.6. The van der Waals surface area contributed by atoms with Gasteiger partial charge in [-0.15, -0.1) is 11.3 Å². The molecule has 6 heteroatoms. The van der Waals surface area contributed by atoms with E-state index >= 15 is 0 Å².